The Morgan fingerprint density at radius 3 is 2.17 bits per heavy atom. The summed E-state index contributed by atoms with van der Waals surface area (Å²) in [5, 5.41) is 3.23. The summed E-state index contributed by atoms with van der Waals surface area (Å²) in [6.45, 7) is 4.12. The second-order valence-electron chi connectivity index (χ2n) is 5.44. The molecule has 0 bridgehead atoms. The van der Waals surface area contributed by atoms with E-state index in [1.807, 2.05) is 0 Å². The first-order valence-corrected chi connectivity index (χ1v) is 5.90. The van der Waals surface area contributed by atoms with Crippen molar-refractivity contribution >= 4 is 5.69 Å². The SMILES string of the molecule is CC1(C)C(N)CC1Nc1ccc(C(F)(F)F)cc1. The van der Waals surface area contributed by atoms with Gasteiger partial charge < -0.3 is 11.1 Å². The number of alkyl halides is 3. The van der Waals surface area contributed by atoms with Crippen LogP contribution in [-0.2, 0) is 6.18 Å². The van der Waals surface area contributed by atoms with Gasteiger partial charge in [0.05, 0.1) is 5.56 Å². The Labute approximate surface area is 104 Å². The largest absolute Gasteiger partial charge is 0.416 e. The maximum absolute atomic E-state index is 12.4. The third kappa shape index (κ3) is 2.32. The molecule has 1 aromatic rings. The minimum absolute atomic E-state index is 0.0251. The van der Waals surface area contributed by atoms with Gasteiger partial charge in [0.25, 0.3) is 0 Å². The maximum Gasteiger partial charge on any atom is 0.416 e. The zero-order valence-electron chi connectivity index (χ0n) is 10.4. The molecule has 1 aromatic carbocycles. The van der Waals surface area contributed by atoms with Gasteiger partial charge >= 0.3 is 6.18 Å². The van der Waals surface area contributed by atoms with Crippen LogP contribution in [0.3, 0.4) is 0 Å². The molecule has 1 saturated carbocycles. The number of hydrogen-bond donors (Lipinski definition) is 2. The summed E-state index contributed by atoms with van der Waals surface area (Å²) in [5.74, 6) is 0. The van der Waals surface area contributed by atoms with E-state index in [4.69, 9.17) is 5.73 Å². The average Bonchev–Trinajstić information content (AvgIpc) is 2.28. The van der Waals surface area contributed by atoms with E-state index in [0.29, 0.717) is 5.69 Å². The van der Waals surface area contributed by atoms with Crippen LogP contribution in [-0.4, -0.2) is 12.1 Å². The molecule has 5 heteroatoms. The van der Waals surface area contributed by atoms with Crippen molar-refractivity contribution in [3.8, 4) is 0 Å². The second kappa shape index (κ2) is 4.16. The van der Waals surface area contributed by atoms with Crippen LogP contribution in [0.1, 0.15) is 25.8 Å². The van der Waals surface area contributed by atoms with Gasteiger partial charge in [0.2, 0.25) is 0 Å². The van der Waals surface area contributed by atoms with Crippen LogP contribution < -0.4 is 11.1 Å². The topological polar surface area (TPSA) is 38.0 Å². The second-order valence-corrected chi connectivity index (χ2v) is 5.44. The van der Waals surface area contributed by atoms with Crippen molar-refractivity contribution in [2.75, 3.05) is 5.32 Å². The monoisotopic (exact) mass is 258 g/mol. The van der Waals surface area contributed by atoms with Gasteiger partial charge in [-0.05, 0) is 30.7 Å². The lowest BCUT2D eigenvalue weighted by Gasteiger charge is -2.51. The Balaban J connectivity index is 2.04. The zero-order chi connectivity index (χ0) is 13.6. The number of anilines is 1. The van der Waals surface area contributed by atoms with Crippen molar-refractivity contribution in [3.05, 3.63) is 29.8 Å². The molecule has 0 amide bonds. The third-order valence-electron chi connectivity index (χ3n) is 3.90. The smallest absolute Gasteiger partial charge is 0.382 e. The maximum atomic E-state index is 12.4. The highest BCUT2D eigenvalue weighted by Gasteiger charge is 2.45. The number of benzene rings is 1. The zero-order valence-corrected chi connectivity index (χ0v) is 10.4. The first-order chi connectivity index (χ1) is 8.21. The Bertz CT molecular complexity index is 423. The molecule has 2 unspecified atom stereocenters. The van der Waals surface area contributed by atoms with E-state index in [-0.39, 0.29) is 17.5 Å². The number of nitrogens with two attached hydrogens (primary N) is 1. The molecule has 1 aliphatic rings. The molecule has 100 valence electrons. The molecule has 18 heavy (non-hydrogen) atoms. The van der Waals surface area contributed by atoms with Gasteiger partial charge in [-0.25, -0.2) is 0 Å². The molecule has 0 heterocycles. The Morgan fingerprint density at radius 2 is 1.78 bits per heavy atom. The molecule has 0 saturated heterocycles. The lowest BCUT2D eigenvalue weighted by Crippen LogP contribution is -2.61. The lowest BCUT2D eigenvalue weighted by atomic mass is 9.63. The summed E-state index contributed by atoms with van der Waals surface area (Å²) < 4.78 is 37.2. The van der Waals surface area contributed by atoms with Crippen LogP contribution >= 0.6 is 0 Å². The number of rotatable bonds is 2. The molecule has 0 aromatic heterocycles. The van der Waals surface area contributed by atoms with E-state index < -0.39 is 11.7 Å². The predicted molar refractivity (Wildman–Crippen MR) is 65.2 cm³/mol. The van der Waals surface area contributed by atoms with Crippen LogP contribution in [0.2, 0.25) is 0 Å². The van der Waals surface area contributed by atoms with E-state index in [0.717, 1.165) is 18.6 Å². The molecule has 2 rings (SSSR count). The van der Waals surface area contributed by atoms with Gasteiger partial charge in [0.15, 0.2) is 0 Å². The molecule has 1 aliphatic carbocycles. The van der Waals surface area contributed by atoms with Crippen molar-refractivity contribution in [1.29, 1.82) is 0 Å². The summed E-state index contributed by atoms with van der Waals surface area (Å²) >= 11 is 0. The molecule has 0 spiro atoms. The van der Waals surface area contributed by atoms with Crippen LogP contribution in [0.4, 0.5) is 18.9 Å². The van der Waals surface area contributed by atoms with E-state index >= 15 is 0 Å². The predicted octanol–water partition coefficient (Wildman–Crippen LogP) is 3.24. The summed E-state index contributed by atoms with van der Waals surface area (Å²) in [6.07, 6.45) is -3.44. The fourth-order valence-electron chi connectivity index (χ4n) is 2.16. The van der Waals surface area contributed by atoms with Crippen molar-refractivity contribution in [2.45, 2.75) is 38.5 Å². The van der Waals surface area contributed by atoms with Gasteiger partial charge in [-0.1, -0.05) is 13.8 Å². The van der Waals surface area contributed by atoms with E-state index in [1.54, 1.807) is 0 Å². The summed E-state index contributed by atoms with van der Waals surface area (Å²) in [7, 11) is 0. The standard InChI is InChI=1S/C13H17F3N2/c1-12(2)10(17)7-11(12)18-9-5-3-8(4-6-9)13(14,15)16/h3-6,10-11,18H,7,17H2,1-2H3. The summed E-state index contributed by atoms with van der Waals surface area (Å²) in [6, 6.07) is 5.46. The quantitative estimate of drug-likeness (QED) is 0.854. The molecule has 0 aliphatic heterocycles. The highest BCUT2D eigenvalue weighted by atomic mass is 19.4. The van der Waals surface area contributed by atoms with Crippen molar-refractivity contribution in [2.24, 2.45) is 11.1 Å². The molecule has 1 fully saturated rings. The normalized spacial score (nSPS) is 26.6. The molecular formula is C13H17F3N2. The lowest BCUT2D eigenvalue weighted by molar-refractivity contribution is -0.137. The first kappa shape index (κ1) is 13.2. The molecular weight excluding hydrogens is 241 g/mol. The van der Waals surface area contributed by atoms with Gasteiger partial charge in [0.1, 0.15) is 0 Å². The average molecular weight is 258 g/mol. The minimum Gasteiger partial charge on any atom is -0.382 e. The third-order valence-corrected chi connectivity index (χ3v) is 3.90. The van der Waals surface area contributed by atoms with Crippen LogP contribution in [0.25, 0.3) is 0 Å². The summed E-state index contributed by atoms with van der Waals surface area (Å²) in [5.41, 5.74) is 5.94. The van der Waals surface area contributed by atoms with Crippen molar-refractivity contribution in [3.63, 3.8) is 0 Å². The van der Waals surface area contributed by atoms with Crippen LogP contribution in [0, 0.1) is 5.41 Å². The molecule has 2 atom stereocenters. The van der Waals surface area contributed by atoms with Crippen LogP contribution in [0.5, 0.6) is 0 Å². The first-order valence-electron chi connectivity index (χ1n) is 5.90. The number of halogens is 3. The van der Waals surface area contributed by atoms with E-state index in [9.17, 15) is 13.2 Å². The minimum atomic E-state index is -4.28. The number of hydrogen-bond acceptors (Lipinski definition) is 2. The Kier molecular flexibility index (Phi) is 3.05. The van der Waals surface area contributed by atoms with Crippen molar-refractivity contribution < 1.29 is 13.2 Å². The fourth-order valence-corrected chi connectivity index (χ4v) is 2.16. The van der Waals surface area contributed by atoms with Crippen LogP contribution in [0.15, 0.2) is 24.3 Å². The van der Waals surface area contributed by atoms with Gasteiger partial charge in [-0.15, -0.1) is 0 Å². The van der Waals surface area contributed by atoms with Gasteiger partial charge in [0, 0.05) is 23.2 Å². The highest BCUT2D eigenvalue weighted by Crippen LogP contribution is 2.41. The van der Waals surface area contributed by atoms with E-state index in [2.05, 4.69) is 19.2 Å². The van der Waals surface area contributed by atoms with Crippen molar-refractivity contribution in [1.82, 2.24) is 0 Å². The Hall–Kier alpha value is -1.23. The van der Waals surface area contributed by atoms with Gasteiger partial charge in [-0.3, -0.25) is 0 Å². The fraction of sp³-hybridized carbons (Fsp3) is 0.538. The molecule has 2 nitrogen and oxygen atoms in total. The summed E-state index contributed by atoms with van der Waals surface area (Å²) in [4.78, 5) is 0. The molecule has 0 radical (unpaired) electrons. The Morgan fingerprint density at radius 1 is 1.22 bits per heavy atom. The molecule has 3 N–H and O–H groups in total. The van der Waals surface area contributed by atoms with Gasteiger partial charge in [-0.2, -0.15) is 13.2 Å². The highest BCUT2D eigenvalue weighted by molar-refractivity contribution is 5.47. The van der Waals surface area contributed by atoms with E-state index in [1.165, 1.54) is 12.1 Å². The number of nitrogens with one attached hydrogen (secondary N) is 1.